The molecule has 0 aromatic heterocycles. The maximum absolute atomic E-state index is 12.9. The van der Waals surface area contributed by atoms with Gasteiger partial charge >= 0.3 is 6.29 Å². The fourth-order valence-corrected chi connectivity index (χ4v) is 1.80. The van der Waals surface area contributed by atoms with Crippen molar-refractivity contribution >= 4 is 11.6 Å². The molecule has 5 nitrogen and oxygen atoms in total. The number of fused-ring (bicyclic) bond motifs is 1. The van der Waals surface area contributed by atoms with Crippen molar-refractivity contribution in [3.63, 3.8) is 0 Å². The van der Waals surface area contributed by atoms with E-state index in [9.17, 15) is 13.6 Å². The Kier molecular flexibility index (Phi) is 4.50. The average Bonchev–Trinajstić information content (AvgIpc) is 2.68. The number of nitrogens with one attached hydrogen (secondary N) is 2. The second-order valence-corrected chi connectivity index (χ2v) is 5.22. The molecular weight excluding hydrogens is 282 g/mol. The van der Waals surface area contributed by atoms with Crippen LogP contribution < -0.4 is 20.1 Å². The molecule has 116 valence electrons. The maximum Gasteiger partial charge on any atom is 0.586 e. The fraction of sp³-hybridized carbons (Fsp3) is 0.500. The fourth-order valence-electron chi connectivity index (χ4n) is 1.80. The van der Waals surface area contributed by atoms with Crippen molar-refractivity contribution in [1.82, 2.24) is 5.32 Å². The Hall–Kier alpha value is -2.05. The van der Waals surface area contributed by atoms with E-state index in [1.54, 1.807) is 6.07 Å². The summed E-state index contributed by atoms with van der Waals surface area (Å²) in [5.41, 5.74) is 0.508. The molecule has 1 aromatic carbocycles. The van der Waals surface area contributed by atoms with Gasteiger partial charge in [0.25, 0.3) is 0 Å². The first kappa shape index (κ1) is 15.3. The molecule has 1 aliphatic rings. The number of ether oxygens (including phenoxy) is 2. The van der Waals surface area contributed by atoms with E-state index in [2.05, 4.69) is 34.0 Å². The highest BCUT2D eigenvalue weighted by molar-refractivity contribution is 5.80. The summed E-state index contributed by atoms with van der Waals surface area (Å²) in [4.78, 5) is 11.6. The molecule has 2 rings (SSSR count). The van der Waals surface area contributed by atoms with Crippen molar-refractivity contribution in [3.8, 4) is 11.5 Å². The van der Waals surface area contributed by atoms with Crippen LogP contribution in [0.3, 0.4) is 0 Å². The van der Waals surface area contributed by atoms with E-state index in [0.29, 0.717) is 18.2 Å². The Morgan fingerprint density at radius 1 is 1.29 bits per heavy atom. The van der Waals surface area contributed by atoms with Crippen LogP contribution in [0.25, 0.3) is 0 Å². The van der Waals surface area contributed by atoms with Gasteiger partial charge in [0.1, 0.15) is 0 Å². The predicted molar refractivity (Wildman–Crippen MR) is 73.6 cm³/mol. The van der Waals surface area contributed by atoms with Crippen molar-refractivity contribution in [1.29, 1.82) is 0 Å². The summed E-state index contributed by atoms with van der Waals surface area (Å²) < 4.78 is 34.3. The number of rotatable bonds is 6. The molecule has 0 saturated heterocycles. The van der Waals surface area contributed by atoms with Gasteiger partial charge in [-0.05, 0) is 24.5 Å². The minimum absolute atomic E-state index is 0.0214. The molecule has 0 saturated carbocycles. The average molecular weight is 300 g/mol. The molecule has 0 atom stereocenters. The SMILES string of the molecule is CC(C)CCNC(=O)CNc1ccc2c(c1)OC(F)(F)O2. The van der Waals surface area contributed by atoms with Gasteiger partial charge in [-0.2, -0.15) is 0 Å². The minimum Gasteiger partial charge on any atom is -0.395 e. The third-order valence-electron chi connectivity index (χ3n) is 2.90. The molecule has 0 unspecified atom stereocenters. The normalized spacial score (nSPS) is 15.1. The first-order valence-electron chi connectivity index (χ1n) is 6.76. The van der Waals surface area contributed by atoms with Crippen molar-refractivity contribution in [3.05, 3.63) is 18.2 Å². The molecule has 1 amide bonds. The minimum atomic E-state index is -3.63. The van der Waals surface area contributed by atoms with E-state index >= 15 is 0 Å². The summed E-state index contributed by atoms with van der Waals surface area (Å²) in [6.45, 7) is 4.83. The summed E-state index contributed by atoms with van der Waals surface area (Å²) in [5, 5.41) is 5.62. The molecule has 1 heterocycles. The van der Waals surface area contributed by atoms with Gasteiger partial charge in [0.15, 0.2) is 11.5 Å². The summed E-state index contributed by atoms with van der Waals surface area (Å²) in [7, 11) is 0. The van der Waals surface area contributed by atoms with Crippen LogP contribution in [0.5, 0.6) is 11.5 Å². The molecule has 0 fully saturated rings. The standard InChI is InChI=1S/C14H18F2N2O3/c1-9(2)5-6-17-13(19)8-18-10-3-4-11-12(7-10)21-14(15,16)20-11/h3-4,7,9,18H,5-6,8H2,1-2H3,(H,17,19). The topological polar surface area (TPSA) is 59.6 Å². The smallest absolute Gasteiger partial charge is 0.395 e. The van der Waals surface area contributed by atoms with E-state index in [4.69, 9.17) is 0 Å². The first-order valence-corrected chi connectivity index (χ1v) is 6.76. The highest BCUT2D eigenvalue weighted by Gasteiger charge is 2.43. The van der Waals surface area contributed by atoms with Gasteiger partial charge in [0.2, 0.25) is 5.91 Å². The molecule has 0 spiro atoms. The molecule has 21 heavy (non-hydrogen) atoms. The Morgan fingerprint density at radius 3 is 2.71 bits per heavy atom. The predicted octanol–water partition coefficient (Wildman–Crippen LogP) is 2.58. The lowest BCUT2D eigenvalue weighted by Crippen LogP contribution is -2.31. The molecular formula is C14H18F2N2O3. The molecule has 1 aliphatic heterocycles. The van der Waals surface area contributed by atoms with Gasteiger partial charge in [-0.25, -0.2) is 0 Å². The number of hydrogen-bond donors (Lipinski definition) is 2. The van der Waals surface area contributed by atoms with Gasteiger partial charge in [-0.1, -0.05) is 13.8 Å². The van der Waals surface area contributed by atoms with Crippen LogP contribution in [0.2, 0.25) is 0 Å². The number of carbonyl (C=O) groups is 1. The second kappa shape index (κ2) is 6.15. The summed E-state index contributed by atoms with van der Waals surface area (Å²) >= 11 is 0. The summed E-state index contributed by atoms with van der Waals surface area (Å²) in [6.07, 6.45) is -2.72. The maximum atomic E-state index is 12.9. The van der Waals surface area contributed by atoms with E-state index in [-0.39, 0.29) is 24.0 Å². The number of carbonyl (C=O) groups excluding carboxylic acids is 1. The van der Waals surface area contributed by atoms with Crippen LogP contribution in [0.15, 0.2) is 18.2 Å². The highest BCUT2D eigenvalue weighted by Crippen LogP contribution is 2.42. The monoisotopic (exact) mass is 300 g/mol. The van der Waals surface area contributed by atoms with Crippen LogP contribution >= 0.6 is 0 Å². The Bertz CT molecular complexity index is 521. The molecule has 2 N–H and O–H groups in total. The Morgan fingerprint density at radius 2 is 2.00 bits per heavy atom. The van der Waals surface area contributed by atoms with Crippen LogP contribution in [-0.4, -0.2) is 25.3 Å². The van der Waals surface area contributed by atoms with Gasteiger partial charge in [-0.15, -0.1) is 8.78 Å². The molecule has 0 aliphatic carbocycles. The Labute approximate surface area is 121 Å². The number of hydrogen-bond acceptors (Lipinski definition) is 4. The highest BCUT2D eigenvalue weighted by atomic mass is 19.3. The third kappa shape index (κ3) is 4.47. The largest absolute Gasteiger partial charge is 0.586 e. The van der Waals surface area contributed by atoms with Crippen LogP contribution in [-0.2, 0) is 4.79 Å². The van der Waals surface area contributed by atoms with E-state index < -0.39 is 6.29 Å². The third-order valence-corrected chi connectivity index (χ3v) is 2.90. The van der Waals surface area contributed by atoms with Gasteiger partial charge in [0.05, 0.1) is 6.54 Å². The summed E-state index contributed by atoms with van der Waals surface area (Å²) in [5.74, 6) is 0.296. The number of amides is 1. The molecule has 0 radical (unpaired) electrons. The number of anilines is 1. The zero-order valence-electron chi connectivity index (χ0n) is 11.9. The van der Waals surface area contributed by atoms with Crippen molar-refractivity contribution in [2.45, 2.75) is 26.6 Å². The number of alkyl halides is 2. The lowest BCUT2D eigenvalue weighted by atomic mass is 10.1. The number of benzene rings is 1. The lowest BCUT2D eigenvalue weighted by Gasteiger charge is -2.09. The Balaban J connectivity index is 1.81. The second-order valence-electron chi connectivity index (χ2n) is 5.22. The van der Waals surface area contributed by atoms with Crippen LogP contribution in [0.1, 0.15) is 20.3 Å². The molecule has 7 heteroatoms. The van der Waals surface area contributed by atoms with Gasteiger partial charge in [0, 0.05) is 18.3 Å². The van der Waals surface area contributed by atoms with Gasteiger partial charge < -0.3 is 20.1 Å². The van der Waals surface area contributed by atoms with Crippen molar-refractivity contribution in [2.75, 3.05) is 18.4 Å². The quantitative estimate of drug-likeness (QED) is 0.848. The van der Waals surface area contributed by atoms with Crippen LogP contribution in [0.4, 0.5) is 14.5 Å². The first-order chi connectivity index (χ1) is 9.85. The van der Waals surface area contributed by atoms with Gasteiger partial charge in [-0.3, -0.25) is 4.79 Å². The lowest BCUT2D eigenvalue weighted by molar-refractivity contribution is -0.286. The summed E-state index contributed by atoms with van der Waals surface area (Å²) in [6, 6.07) is 4.29. The van der Waals surface area contributed by atoms with Crippen molar-refractivity contribution in [2.24, 2.45) is 5.92 Å². The van der Waals surface area contributed by atoms with E-state index in [1.807, 2.05) is 0 Å². The van der Waals surface area contributed by atoms with E-state index in [0.717, 1.165) is 6.42 Å². The van der Waals surface area contributed by atoms with E-state index in [1.165, 1.54) is 12.1 Å². The molecule has 0 bridgehead atoms. The van der Waals surface area contributed by atoms with Crippen LogP contribution in [0, 0.1) is 5.92 Å². The van der Waals surface area contributed by atoms with Crippen molar-refractivity contribution < 1.29 is 23.0 Å². The number of halogens is 2. The zero-order valence-corrected chi connectivity index (χ0v) is 11.9. The zero-order chi connectivity index (χ0) is 15.5. The molecule has 1 aromatic rings.